The summed E-state index contributed by atoms with van der Waals surface area (Å²) < 4.78 is 1.75. The van der Waals surface area contributed by atoms with Gasteiger partial charge in [0.2, 0.25) is 5.95 Å². The van der Waals surface area contributed by atoms with E-state index in [1.807, 2.05) is 7.05 Å². The van der Waals surface area contributed by atoms with Gasteiger partial charge in [0.1, 0.15) is 0 Å². The Morgan fingerprint density at radius 1 is 1.53 bits per heavy atom. The predicted molar refractivity (Wildman–Crippen MR) is 64.7 cm³/mol. The van der Waals surface area contributed by atoms with Gasteiger partial charge in [0, 0.05) is 13.3 Å². The quantitative estimate of drug-likeness (QED) is 0.632. The molecule has 0 spiro atoms. The van der Waals surface area contributed by atoms with E-state index in [1.54, 1.807) is 17.1 Å². The summed E-state index contributed by atoms with van der Waals surface area (Å²) in [5.41, 5.74) is 6.76. The fourth-order valence-electron chi connectivity index (χ4n) is 1.33. The molecule has 0 bridgehead atoms. The van der Waals surface area contributed by atoms with E-state index in [4.69, 9.17) is 10.6 Å². The molecule has 0 aromatic carbocycles. The van der Waals surface area contributed by atoms with E-state index < -0.39 is 0 Å². The molecular formula is C10H14N6O. The lowest BCUT2D eigenvalue weighted by Crippen LogP contribution is -2.00. The van der Waals surface area contributed by atoms with Crippen LogP contribution in [0, 0.1) is 0 Å². The van der Waals surface area contributed by atoms with Crippen LogP contribution in [0.15, 0.2) is 11.5 Å². The fraction of sp³-hybridized carbons (Fsp3) is 0.400. The van der Waals surface area contributed by atoms with Crippen LogP contribution in [0.25, 0.3) is 11.2 Å². The monoisotopic (exact) mass is 234 g/mol. The summed E-state index contributed by atoms with van der Waals surface area (Å²) in [5.74, 6) is 0.419. The van der Waals surface area contributed by atoms with E-state index >= 15 is 0 Å². The van der Waals surface area contributed by atoms with E-state index in [0.717, 1.165) is 12.8 Å². The zero-order valence-electron chi connectivity index (χ0n) is 9.79. The highest BCUT2D eigenvalue weighted by atomic mass is 16.6. The van der Waals surface area contributed by atoms with Crippen molar-refractivity contribution in [2.75, 3.05) is 5.73 Å². The highest BCUT2D eigenvalue weighted by Crippen LogP contribution is 2.21. The number of oxime groups is 1. The Morgan fingerprint density at radius 3 is 3.12 bits per heavy atom. The Kier molecular flexibility index (Phi) is 3.17. The van der Waals surface area contributed by atoms with E-state index in [2.05, 4.69) is 27.0 Å². The number of rotatable bonds is 4. The average molecular weight is 234 g/mol. The van der Waals surface area contributed by atoms with Crippen LogP contribution in [-0.4, -0.2) is 25.7 Å². The smallest absolute Gasteiger partial charge is 0.281 e. The van der Waals surface area contributed by atoms with Crippen LogP contribution >= 0.6 is 0 Å². The first kappa shape index (κ1) is 11.3. The van der Waals surface area contributed by atoms with Gasteiger partial charge in [-0.15, -0.1) is 0 Å². The van der Waals surface area contributed by atoms with Crippen LogP contribution in [0.1, 0.15) is 19.8 Å². The number of nitrogen functional groups attached to an aromatic ring is 1. The molecule has 0 aliphatic carbocycles. The van der Waals surface area contributed by atoms with E-state index in [0.29, 0.717) is 11.2 Å². The molecule has 0 saturated carbocycles. The standard InChI is InChI=1S/C10H14N6O/c1-3-4-5-13-17-9-7-8(14-10(11)15-9)16(2)6-12-7/h5-6H,3-4H2,1-2H3,(H2,11,14,15)/b13-5+. The van der Waals surface area contributed by atoms with Gasteiger partial charge in [0.25, 0.3) is 5.88 Å². The van der Waals surface area contributed by atoms with Gasteiger partial charge in [-0.1, -0.05) is 18.5 Å². The molecule has 2 aromatic heterocycles. The number of unbranched alkanes of at least 4 members (excludes halogenated alkanes) is 1. The van der Waals surface area contributed by atoms with Crippen molar-refractivity contribution in [2.24, 2.45) is 12.2 Å². The minimum absolute atomic E-state index is 0.141. The average Bonchev–Trinajstić information content (AvgIpc) is 2.67. The molecule has 2 N–H and O–H groups in total. The second-order valence-corrected chi connectivity index (χ2v) is 3.58. The SMILES string of the molecule is CCC/C=N/Oc1nc(N)nc2c1ncn2C. The minimum Gasteiger partial charge on any atom is -0.368 e. The number of nitrogens with two attached hydrogens (primary N) is 1. The molecule has 17 heavy (non-hydrogen) atoms. The lowest BCUT2D eigenvalue weighted by atomic mass is 10.4. The molecule has 0 radical (unpaired) electrons. The summed E-state index contributed by atoms with van der Waals surface area (Å²) >= 11 is 0. The number of imidazole rings is 1. The van der Waals surface area contributed by atoms with Crippen LogP contribution in [-0.2, 0) is 7.05 Å². The molecule has 7 heteroatoms. The maximum Gasteiger partial charge on any atom is 0.281 e. The highest BCUT2D eigenvalue weighted by molar-refractivity contribution is 5.77. The van der Waals surface area contributed by atoms with Crippen molar-refractivity contribution in [1.82, 2.24) is 19.5 Å². The predicted octanol–water partition coefficient (Wildman–Crippen LogP) is 1.11. The van der Waals surface area contributed by atoms with Crippen LogP contribution in [0.3, 0.4) is 0 Å². The number of aryl methyl sites for hydroxylation is 1. The number of hydrogen-bond acceptors (Lipinski definition) is 6. The van der Waals surface area contributed by atoms with Gasteiger partial charge < -0.3 is 15.1 Å². The van der Waals surface area contributed by atoms with Gasteiger partial charge >= 0.3 is 0 Å². The van der Waals surface area contributed by atoms with Crippen molar-refractivity contribution in [3.8, 4) is 5.88 Å². The number of hydrogen-bond donors (Lipinski definition) is 1. The summed E-state index contributed by atoms with van der Waals surface area (Å²) in [6, 6.07) is 0. The van der Waals surface area contributed by atoms with Crippen molar-refractivity contribution in [3.63, 3.8) is 0 Å². The molecule has 0 atom stereocenters. The van der Waals surface area contributed by atoms with Gasteiger partial charge in [-0.2, -0.15) is 9.97 Å². The van der Waals surface area contributed by atoms with E-state index in [9.17, 15) is 0 Å². The summed E-state index contributed by atoms with van der Waals surface area (Å²) in [6.07, 6.45) is 5.18. The lowest BCUT2D eigenvalue weighted by Gasteiger charge is -2.00. The molecule has 7 nitrogen and oxygen atoms in total. The Morgan fingerprint density at radius 2 is 2.35 bits per heavy atom. The van der Waals surface area contributed by atoms with Gasteiger partial charge in [-0.3, -0.25) is 0 Å². The van der Waals surface area contributed by atoms with Crippen molar-refractivity contribution in [1.29, 1.82) is 0 Å². The number of fused-ring (bicyclic) bond motifs is 1. The molecule has 0 aliphatic rings. The van der Waals surface area contributed by atoms with Gasteiger partial charge in [-0.25, -0.2) is 4.98 Å². The molecule has 0 fully saturated rings. The summed E-state index contributed by atoms with van der Waals surface area (Å²) in [4.78, 5) is 17.4. The molecule has 0 amide bonds. The molecule has 2 heterocycles. The third-order valence-electron chi connectivity index (χ3n) is 2.18. The zero-order valence-corrected chi connectivity index (χ0v) is 9.79. The van der Waals surface area contributed by atoms with Gasteiger partial charge in [0.15, 0.2) is 11.2 Å². The van der Waals surface area contributed by atoms with Crippen molar-refractivity contribution < 1.29 is 4.84 Å². The molecule has 0 unspecified atom stereocenters. The Bertz CT molecular complexity index is 547. The normalized spacial score (nSPS) is 11.4. The van der Waals surface area contributed by atoms with Crippen LogP contribution < -0.4 is 10.6 Å². The highest BCUT2D eigenvalue weighted by Gasteiger charge is 2.11. The lowest BCUT2D eigenvalue weighted by molar-refractivity contribution is 0.332. The first-order valence-electron chi connectivity index (χ1n) is 5.35. The molecule has 2 rings (SSSR count). The largest absolute Gasteiger partial charge is 0.368 e. The maximum atomic E-state index is 5.59. The number of nitrogens with zero attached hydrogens (tertiary/aromatic N) is 5. The Hall–Kier alpha value is -2.18. The zero-order chi connectivity index (χ0) is 12.3. The molecule has 0 saturated heterocycles. The molecule has 2 aromatic rings. The Labute approximate surface area is 98.3 Å². The maximum absolute atomic E-state index is 5.59. The van der Waals surface area contributed by atoms with E-state index in [-0.39, 0.29) is 11.8 Å². The first-order valence-corrected chi connectivity index (χ1v) is 5.35. The van der Waals surface area contributed by atoms with Gasteiger partial charge in [-0.05, 0) is 6.42 Å². The van der Waals surface area contributed by atoms with Crippen LogP contribution in [0.2, 0.25) is 0 Å². The number of aromatic nitrogens is 4. The van der Waals surface area contributed by atoms with Gasteiger partial charge in [0.05, 0.1) is 6.33 Å². The third kappa shape index (κ3) is 2.32. The van der Waals surface area contributed by atoms with Crippen molar-refractivity contribution in [2.45, 2.75) is 19.8 Å². The number of anilines is 1. The van der Waals surface area contributed by atoms with Crippen molar-refractivity contribution >= 4 is 23.3 Å². The Balaban J connectivity index is 2.32. The summed E-state index contributed by atoms with van der Waals surface area (Å²) in [5, 5.41) is 3.81. The third-order valence-corrected chi connectivity index (χ3v) is 2.18. The molecular weight excluding hydrogens is 220 g/mol. The molecule has 90 valence electrons. The summed E-state index contributed by atoms with van der Waals surface area (Å²) in [7, 11) is 1.83. The van der Waals surface area contributed by atoms with Crippen LogP contribution in [0.4, 0.5) is 5.95 Å². The first-order chi connectivity index (χ1) is 8.22. The van der Waals surface area contributed by atoms with Crippen molar-refractivity contribution in [3.05, 3.63) is 6.33 Å². The van der Waals surface area contributed by atoms with Crippen LogP contribution in [0.5, 0.6) is 5.88 Å². The molecule has 0 aliphatic heterocycles. The topological polar surface area (TPSA) is 91.2 Å². The van der Waals surface area contributed by atoms with E-state index in [1.165, 1.54) is 0 Å². The fourth-order valence-corrected chi connectivity index (χ4v) is 1.33. The summed E-state index contributed by atoms with van der Waals surface area (Å²) in [6.45, 7) is 2.06. The second kappa shape index (κ2) is 4.77. The minimum atomic E-state index is 0.141. The second-order valence-electron chi connectivity index (χ2n) is 3.58.